The largest absolute Gasteiger partial charge is 0.395 e. The molecule has 0 radical (unpaired) electrons. The van der Waals surface area contributed by atoms with Crippen LogP contribution in [0.3, 0.4) is 0 Å². The zero-order valence-electron chi connectivity index (χ0n) is 9.37. The third-order valence-corrected chi connectivity index (χ3v) is 2.52. The maximum absolute atomic E-state index is 10.7. The molecule has 0 aromatic carbocycles. The first-order chi connectivity index (χ1) is 7.08. The van der Waals surface area contributed by atoms with Gasteiger partial charge in [-0.3, -0.25) is 4.55 Å². The van der Waals surface area contributed by atoms with Crippen molar-refractivity contribution in [1.82, 2.24) is 4.90 Å². The van der Waals surface area contributed by atoms with Crippen LogP contribution in [0.15, 0.2) is 0 Å². The molecule has 8 heteroatoms. The molecule has 0 aliphatic heterocycles. The Kier molecular flexibility index (Phi) is 5.80. The molecule has 0 spiro atoms. The summed E-state index contributed by atoms with van der Waals surface area (Å²) in [6.45, 7) is 2.74. The molecule has 0 amide bonds. The van der Waals surface area contributed by atoms with E-state index in [1.165, 1.54) is 0 Å². The Hall–Kier alpha value is -0.250. The van der Waals surface area contributed by atoms with Gasteiger partial charge in [-0.05, 0) is 5.92 Å². The van der Waals surface area contributed by atoms with Gasteiger partial charge in [0, 0.05) is 13.0 Å². The Morgan fingerprint density at radius 3 is 2.12 bits per heavy atom. The van der Waals surface area contributed by atoms with Crippen molar-refractivity contribution in [1.29, 1.82) is 0 Å². The minimum atomic E-state index is -4.37. The molecule has 4 N–H and O–H groups in total. The summed E-state index contributed by atoms with van der Waals surface area (Å²) >= 11 is 0. The van der Waals surface area contributed by atoms with Gasteiger partial charge in [-0.2, -0.15) is 8.42 Å². The summed E-state index contributed by atoms with van der Waals surface area (Å²) < 4.78 is 30.0. The third-order valence-electron chi connectivity index (χ3n) is 1.88. The summed E-state index contributed by atoms with van der Waals surface area (Å²) in [4.78, 5) is 0.697. The Bertz CT molecular complexity index is 300. The highest BCUT2D eigenvalue weighted by molar-refractivity contribution is 7.85. The van der Waals surface area contributed by atoms with E-state index in [1.54, 1.807) is 13.8 Å². The molecule has 0 atom stereocenters. The van der Waals surface area contributed by atoms with Crippen LogP contribution in [0.25, 0.3) is 0 Å². The summed E-state index contributed by atoms with van der Waals surface area (Å²) in [6, 6.07) is 0. The summed E-state index contributed by atoms with van der Waals surface area (Å²) in [6.07, 6.45) is -0.0947. The Morgan fingerprint density at radius 1 is 1.31 bits per heavy atom. The van der Waals surface area contributed by atoms with Gasteiger partial charge in [0.1, 0.15) is 5.88 Å². The monoisotopic (exact) mass is 257 g/mol. The molecule has 0 saturated carbocycles. The van der Waals surface area contributed by atoms with Crippen LogP contribution in [-0.2, 0) is 10.1 Å². The van der Waals surface area contributed by atoms with E-state index in [9.17, 15) is 18.6 Å². The quantitative estimate of drug-likeness (QED) is 0.334. The van der Waals surface area contributed by atoms with Gasteiger partial charge in [0.25, 0.3) is 10.1 Å². The smallest absolute Gasteiger partial charge is 0.278 e. The zero-order valence-corrected chi connectivity index (χ0v) is 10.2. The van der Waals surface area contributed by atoms with Crippen LogP contribution in [-0.4, -0.2) is 58.1 Å². The first-order valence-electron chi connectivity index (χ1n) is 4.84. The number of hydrogen-bond acceptors (Lipinski definition) is 6. The predicted octanol–water partition coefficient (Wildman–Crippen LogP) is -1.19. The fourth-order valence-electron chi connectivity index (χ4n) is 1.34. The first kappa shape index (κ1) is 15.8. The fraction of sp³-hybridized carbons (Fsp3) is 1.00. The van der Waals surface area contributed by atoms with E-state index < -0.39 is 28.5 Å². The second kappa shape index (κ2) is 5.89. The summed E-state index contributed by atoms with van der Waals surface area (Å²) in [5.41, 5.74) is 0. The van der Waals surface area contributed by atoms with Crippen molar-refractivity contribution in [3.05, 3.63) is 0 Å². The normalized spacial score (nSPS) is 13.8. The molecule has 0 aliphatic carbocycles. The van der Waals surface area contributed by atoms with Crippen LogP contribution in [0.2, 0.25) is 0 Å². The van der Waals surface area contributed by atoms with Crippen molar-refractivity contribution >= 4 is 10.1 Å². The topological polar surface area (TPSA) is 118 Å². The lowest BCUT2D eigenvalue weighted by Gasteiger charge is -2.34. The van der Waals surface area contributed by atoms with Gasteiger partial charge in [0.2, 0.25) is 5.91 Å². The Morgan fingerprint density at radius 2 is 1.81 bits per heavy atom. The average molecular weight is 257 g/mol. The number of aliphatic hydroxyl groups is 3. The molecular weight excluding hydrogens is 238 g/mol. The number of hydrogen-bond donors (Lipinski definition) is 4. The molecular formula is C8H19NO6S. The van der Waals surface area contributed by atoms with E-state index in [0.717, 1.165) is 0 Å². The van der Waals surface area contributed by atoms with Crippen molar-refractivity contribution < 1.29 is 28.3 Å². The van der Waals surface area contributed by atoms with Crippen LogP contribution in [0, 0.1) is 5.92 Å². The number of rotatable bonds is 7. The standard InChI is InChI=1S/C8H19NO6S/c1-7(2)5-8(11,12)9(3-4-10)6-16(13,14)15/h7,10-12H,3-6H2,1-2H3,(H,13,14,15). The molecule has 0 saturated heterocycles. The highest BCUT2D eigenvalue weighted by atomic mass is 32.2. The zero-order chi connectivity index (χ0) is 13.0. The van der Waals surface area contributed by atoms with Gasteiger partial charge in [-0.15, -0.1) is 0 Å². The predicted molar refractivity (Wildman–Crippen MR) is 56.8 cm³/mol. The lowest BCUT2D eigenvalue weighted by Crippen LogP contribution is -2.52. The van der Waals surface area contributed by atoms with Gasteiger partial charge < -0.3 is 15.3 Å². The summed E-state index contributed by atoms with van der Waals surface area (Å²) in [7, 11) is -4.37. The highest BCUT2D eigenvalue weighted by Gasteiger charge is 2.34. The van der Waals surface area contributed by atoms with E-state index in [0.29, 0.717) is 4.90 Å². The van der Waals surface area contributed by atoms with Crippen LogP contribution >= 0.6 is 0 Å². The van der Waals surface area contributed by atoms with Crippen LogP contribution in [0.1, 0.15) is 20.3 Å². The molecule has 0 fully saturated rings. The third kappa shape index (κ3) is 6.36. The fourth-order valence-corrected chi connectivity index (χ4v) is 2.07. The van der Waals surface area contributed by atoms with Crippen molar-refractivity contribution in [3.8, 4) is 0 Å². The molecule has 0 aromatic rings. The van der Waals surface area contributed by atoms with Gasteiger partial charge in [-0.25, -0.2) is 4.90 Å². The highest BCUT2D eigenvalue weighted by Crippen LogP contribution is 2.19. The Balaban J connectivity index is 4.75. The second-order valence-corrected chi connectivity index (χ2v) is 5.49. The molecule has 0 bridgehead atoms. The number of aliphatic hydroxyl groups excluding tert-OH is 1. The average Bonchev–Trinajstić information content (AvgIpc) is 1.98. The molecule has 16 heavy (non-hydrogen) atoms. The van der Waals surface area contributed by atoms with E-state index >= 15 is 0 Å². The van der Waals surface area contributed by atoms with Crippen LogP contribution in [0.5, 0.6) is 0 Å². The molecule has 98 valence electrons. The Labute approximate surface area is 95.1 Å². The lowest BCUT2D eigenvalue weighted by molar-refractivity contribution is -0.269. The van der Waals surface area contributed by atoms with Crippen molar-refractivity contribution in [2.24, 2.45) is 5.92 Å². The second-order valence-electron chi connectivity index (χ2n) is 4.07. The van der Waals surface area contributed by atoms with E-state index in [1.807, 2.05) is 0 Å². The minimum absolute atomic E-state index is 0.0856. The van der Waals surface area contributed by atoms with Crippen molar-refractivity contribution in [3.63, 3.8) is 0 Å². The molecule has 7 nitrogen and oxygen atoms in total. The number of nitrogens with zero attached hydrogens (tertiary/aromatic N) is 1. The van der Waals surface area contributed by atoms with Gasteiger partial charge >= 0.3 is 0 Å². The van der Waals surface area contributed by atoms with Gasteiger partial charge in [-0.1, -0.05) is 13.8 Å². The molecule has 0 unspecified atom stereocenters. The van der Waals surface area contributed by atoms with Crippen molar-refractivity contribution in [2.75, 3.05) is 19.0 Å². The van der Waals surface area contributed by atoms with Crippen LogP contribution < -0.4 is 0 Å². The maximum atomic E-state index is 10.7. The maximum Gasteiger partial charge on any atom is 0.278 e. The van der Waals surface area contributed by atoms with E-state index in [2.05, 4.69) is 0 Å². The molecule has 0 aliphatic rings. The SMILES string of the molecule is CC(C)CC(O)(O)N(CCO)CS(=O)(=O)O. The van der Waals surface area contributed by atoms with Gasteiger partial charge in [0.05, 0.1) is 6.61 Å². The first-order valence-corrected chi connectivity index (χ1v) is 6.45. The molecule has 0 rings (SSSR count). The summed E-state index contributed by atoms with van der Waals surface area (Å²) in [5.74, 6) is -3.39. The van der Waals surface area contributed by atoms with E-state index in [4.69, 9.17) is 9.66 Å². The van der Waals surface area contributed by atoms with Crippen molar-refractivity contribution in [2.45, 2.75) is 26.2 Å². The van der Waals surface area contributed by atoms with Gasteiger partial charge in [0.15, 0.2) is 0 Å². The summed E-state index contributed by atoms with van der Waals surface area (Å²) in [5, 5.41) is 28.0. The molecule has 0 aromatic heterocycles. The molecule has 0 heterocycles. The minimum Gasteiger partial charge on any atom is -0.395 e. The van der Waals surface area contributed by atoms with Crippen LogP contribution in [0.4, 0.5) is 0 Å². The van der Waals surface area contributed by atoms with E-state index in [-0.39, 0.29) is 18.9 Å². The lowest BCUT2D eigenvalue weighted by atomic mass is 10.1.